The molecule has 0 amide bonds. The average Bonchev–Trinajstić information content (AvgIpc) is 2.14. The van der Waals surface area contributed by atoms with Crippen LogP contribution in [0.5, 0.6) is 0 Å². The van der Waals surface area contributed by atoms with Gasteiger partial charge in [0, 0.05) is 38.5 Å². The summed E-state index contributed by atoms with van der Waals surface area (Å²) in [5.74, 6) is 0. The maximum Gasteiger partial charge on any atom is 0.228 e. The molecule has 16 heavy (non-hydrogen) atoms. The van der Waals surface area contributed by atoms with Gasteiger partial charge in [0.2, 0.25) is 10.0 Å². The second-order valence-electron chi connectivity index (χ2n) is 3.86. The van der Waals surface area contributed by atoms with Crippen LogP contribution in [0.25, 0.3) is 0 Å². The first-order valence-electron chi connectivity index (χ1n) is 4.84. The van der Waals surface area contributed by atoms with E-state index in [1.54, 1.807) is 0 Å². The van der Waals surface area contributed by atoms with E-state index in [0.29, 0.717) is 13.1 Å². The standard InChI is InChI=1S/C7H17N3O4S2/c1-15(11,12)6-16(13,14)10-3-2-9-5-7(10)4-8/h7,9H,2-6,8H2,1H3. The topological polar surface area (TPSA) is 110 Å². The molecule has 1 fully saturated rings. The Hall–Kier alpha value is -0.220. The Kier molecular flexibility index (Phi) is 4.29. The number of hydrogen-bond acceptors (Lipinski definition) is 6. The van der Waals surface area contributed by atoms with Crippen LogP contribution in [-0.2, 0) is 19.9 Å². The van der Waals surface area contributed by atoms with Crippen LogP contribution in [-0.4, -0.2) is 64.7 Å². The van der Waals surface area contributed by atoms with Crippen molar-refractivity contribution in [3.8, 4) is 0 Å². The van der Waals surface area contributed by atoms with Gasteiger partial charge in [-0.1, -0.05) is 0 Å². The smallest absolute Gasteiger partial charge is 0.228 e. The van der Waals surface area contributed by atoms with Gasteiger partial charge in [0.15, 0.2) is 14.9 Å². The van der Waals surface area contributed by atoms with E-state index in [2.05, 4.69) is 5.32 Å². The SMILES string of the molecule is CS(=O)(=O)CS(=O)(=O)N1CCNCC1CN. The lowest BCUT2D eigenvalue weighted by atomic mass is 10.2. The number of nitrogens with one attached hydrogen (secondary N) is 1. The molecule has 0 aliphatic carbocycles. The second-order valence-corrected chi connectivity index (χ2v) is 8.29. The molecule has 0 radical (unpaired) electrons. The van der Waals surface area contributed by atoms with Crippen molar-refractivity contribution in [3.63, 3.8) is 0 Å². The highest BCUT2D eigenvalue weighted by molar-refractivity contribution is 8.06. The number of sulfone groups is 1. The van der Waals surface area contributed by atoms with E-state index in [9.17, 15) is 16.8 Å². The molecular formula is C7H17N3O4S2. The van der Waals surface area contributed by atoms with Gasteiger partial charge in [0.1, 0.15) is 0 Å². The highest BCUT2D eigenvalue weighted by atomic mass is 32.3. The summed E-state index contributed by atoms with van der Waals surface area (Å²) < 4.78 is 46.9. The van der Waals surface area contributed by atoms with E-state index in [4.69, 9.17) is 5.73 Å². The monoisotopic (exact) mass is 271 g/mol. The molecule has 1 atom stereocenters. The molecule has 3 N–H and O–H groups in total. The van der Waals surface area contributed by atoms with E-state index in [0.717, 1.165) is 6.26 Å². The summed E-state index contributed by atoms with van der Waals surface area (Å²) in [5, 5.41) is 2.16. The van der Waals surface area contributed by atoms with Crippen LogP contribution in [0.2, 0.25) is 0 Å². The molecule has 0 saturated carbocycles. The molecule has 1 heterocycles. The first kappa shape index (κ1) is 13.8. The number of sulfonamides is 1. The van der Waals surface area contributed by atoms with Crippen LogP contribution in [0.15, 0.2) is 0 Å². The summed E-state index contributed by atoms with van der Waals surface area (Å²) in [5.41, 5.74) is 5.46. The zero-order valence-electron chi connectivity index (χ0n) is 9.09. The maximum absolute atomic E-state index is 11.8. The quantitative estimate of drug-likeness (QED) is 0.587. The molecule has 1 aliphatic heterocycles. The van der Waals surface area contributed by atoms with Crippen molar-refractivity contribution in [2.75, 3.05) is 37.5 Å². The largest absolute Gasteiger partial charge is 0.329 e. The minimum atomic E-state index is -3.78. The molecule has 1 aliphatic rings. The van der Waals surface area contributed by atoms with Crippen molar-refractivity contribution in [2.24, 2.45) is 5.73 Å². The highest BCUT2D eigenvalue weighted by Crippen LogP contribution is 2.11. The highest BCUT2D eigenvalue weighted by Gasteiger charge is 2.33. The summed E-state index contributed by atoms with van der Waals surface area (Å²) in [6, 6.07) is -0.361. The molecule has 0 aromatic heterocycles. The van der Waals surface area contributed by atoms with Crippen molar-refractivity contribution in [3.05, 3.63) is 0 Å². The molecule has 1 saturated heterocycles. The van der Waals surface area contributed by atoms with Crippen molar-refractivity contribution in [2.45, 2.75) is 6.04 Å². The Bertz CT molecular complexity index is 431. The summed E-state index contributed by atoms with van der Waals surface area (Å²) in [6.07, 6.45) is 0.907. The normalized spacial score (nSPS) is 24.5. The van der Waals surface area contributed by atoms with E-state index >= 15 is 0 Å². The first-order chi connectivity index (χ1) is 7.26. The van der Waals surface area contributed by atoms with Gasteiger partial charge < -0.3 is 11.1 Å². The minimum Gasteiger partial charge on any atom is -0.329 e. The van der Waals surface area contributed by atoms with Crippen molar-refractivity contribution in [1.29, 1.82) is 0 Å². The summed E-state index contributed by atoms with van der Waals surface area (Å²) in [6.45, 7) is 1.41. The van der Waals surface area contributed by atoms with Crippen LogP contribution in [0, 0.1) is 0 Å². The van der Waals surface area contributed by atoms with Crippen molar-refractivity contribution in [1.82, 2.24) is 9.62 Å². The van der Waals surface area contributed by atoms with Gasteiger partial charge in [-0.05, 0) is 0 Å². The fourth-order valence-electron chi connectivity index (χ4n) is 1.65. The molecule has 1 unspecified atom stereocenters. The molecule has 9 heteroatoms. The minimum absolute atomic E-state index is 0.177. The third kappa shape index (κ3) is 3.67. The van der Waals surface area contributed by atoms with Crippen LogP contribution < -0.4 is 11.1 Å². The Labute approximate surface area is 96.0 Å². The number of rotatable bonds is 4. The van der Waals surface area contributed by atoms with Crippen LogP contribution in [0.1, 0.15) is 0 Å². The van der Waals surface area contributed by atoms with Crippen LogP contribution in [0.3, 0.4) is 0 Å². The molecule has 0 bridgehead atoms. The van der Waals surface area contributed by atoms with Gasteiger partial charge in [-0.2, -0.15) is 4.31 Å². The van der Waals surface area contributed by atoms with Crippen LogP contribution in [0.4, 0.5) is 0 Å². The fraction of sp³-hybridized carbons (Fsp3) is 1.00. The predicted octanol–water partition coefficient (Wildman–Crippen LogP) is -2.45. The first-order valence-corrected chi connectivity index (χ1v) is 8.51. The summed E-state index contributed by atoms with van der Waals surface area (Å²) in [7, 11) is -7.33. The maximum atomic E-state index is 11.8. The van der Waals surface area contributed by atoms with Gasteiger partial charge in [0.05, 0.1) is 0 Å². The summed E-state index contributed by atoms with van der Waals surface area (Å²) >= 11 is 0. The predicted molar refractivity (Wildman–Crippen MR) is 61.0 cm³/mol. The van der Waals surface area contributed by atoms with Gasteiger partial charge >= 0.3 is 0 Å². The Balaban J connectivity index is 2.89. The van der Waals surface area contributed by atoms with Crippen molar-refractivity contribution >= 4 is 19.9 Å². The molecule has 0 aromatic rings. The third-order valence-corrected chi connectivity index (χ3v) is 6.39. The summed E-state index contributed by atoms with van der Waals surface area (Å²) in [4.78, 5) is 0. The van der Waals surface area contributed by atoms with E-state index in [1.807, 2.05) is 0 Å². The van der Waals surface area contributed by atoms with E-state index in [1.165, 1.54) is 4.31 Å². The lowest BCUT2D eigenvalue weighted by Crippen LogP contribution is -2.57. The molecule has 0 spiro atoms. The molecule has 96 valence electrons. The Morgan fingerprint density at radius 2 is 2.00 bits per heavy atom. The zero-order valence-corrected chi connectivity index (χ0v) is 10.7. The number of hydrogen-bond donors (Lipinski definition) is 2. The molecule has 7 nitrogen and oxygen atoms in total. The second kappa shape index (κ2) is 4.96. The van der Waals surface area contributed by atoms with Crippen LogP contribution >= 0.6 is 0 Å². The molecule has 1 rings (SSSR count). The lowest BCUT2D eigenvalue weighted by Gasteiger charge is -2.34. The molecular weight excluding hydrogens is 254 g/mol. The third-order valence-electron chi connectivity index (χ3n) is 2.29. The van der Waals surface area contributed by atoms with Gasteiger partial charge in [-0.3, -0.25) is 0 Å². The van der Waals surface area contributed by atoms with Crippen molar-refractivity contribution < 1.29 is 16.8 Å². The van der Waals surface area contributed by atoms with Gasteiger partial charge in [-0.25, -0.2) is 16.8 Å². The number of piperazine rings is 1. The Morgan fingerprint density at radius 1 is 1.38 bits per heavy atom. The lowest BCUT2D eigenvalue weighted by molar-refractivity contribution is 0.274. The average molecular weight is 271 g/mol. The van der Waals surface area contributed by atoms with Gasteiger partial charge in [0.25, 0.3) is 0 Å². The number of nitrogens with zero attached hydrogens (tertiary/aromatic N) is 1. The zero-order chi connectivity index (χ0) is 12.4. The Morgan fingerprint density at radius 3 is 2.50 bits per heavy atom. The number of nitrogens with two attached hydrogens (primary N) is 1. The molecule has 0 aromatic carbocycles. The van der Waals surface area contributed by atoms with Gasteiger partial charge in [-0.15, -0.1) is 0 Å². The fourth-order valence-corrected chi connectivity index (χ4v) is 5.34. The van der Waals surface area contributed by atoms with E-state index in [-0.39, 0.29) is 19.1 Å². The van der Waals surface area contributed by atoms with E-state index < -0.39 is 24.9 Å².